The van der Waals surface area contributed by atoms with Crippen molar-refractivity contribution in [3.05, 3.63) is 54.9 Å². The minimum absolute atomic E-state index is 0.112. The van der Waals surface area contributed by atoms with Gasteiger partial charge in [-0.2, -0.15) is 0 Å². The minimum atomic E-state index is -2.98. The second kappa shape index (κ2) is 6.04. The molecule has 0 fully saturated rings. The van der Waals surface area contributed by atoms with Crippen molar-refractivity contribution in [2.45, 2.75) is 13.0 Å². The molecule has 6 heteroatoms. The van der Waals surface area contributed by atoms with E-state index in [4.69, 9.17) is 0 Å². The number of imidazole rings is 1. The predicted molar refractivity (Wildman–Crippen MR) is 93.4 cm³/mol. The molecule has 0 aliphatic carbocycles. The van der Waals surface area contributed by atoms with Crippen LogP contribution in [0, 0.1) is 0 Å². The molecule has 0 amide bonds. The van der Waals surface area contributed by atoms with Gasteiger partial charge in [0.15, 0.2) is 0 Å². The zero-order chi connectivity index (χ0) is 16.4. The molecule has 0 aliphatic rings. The first-order chi connectivity index (χ1) is 10.9. The molecular formula is C17H19N3O2S. The van der Waals surface area contributed by atoms with Gasteiger partial charge in [-0.15, -0.1) is 0 Å². The normalized spacial score (nSPS) is 13.1. The maximum atomic E-state index is 11.3. The Morgan fingerprint density at radius 2 is 1.91 bits per heavy atom. The van der Waals surface area contributed by atoms with Crippen LogP contribution in [0.3, 0.4) is 0 Å². The van der Waals surface area contributed by atoms with Crippen molar-refractivity contribution in [1.29, 1.82) is 0 Å². The van der Waals surface area contributed by atoms with Crippen molar-refractivity contribution in [2.24, 2.45) is 0 Å². The van der Waals surface area contributed by atoms with Crippen LogP contribution in [0.4, 0.5) is 5.69 Å². The Morgan fingerprint density at radius 1 is 1.17 bits per heavy atom. The van der Waals surface area contributed by atoms with Gasteiger partial charge in [0.25, 0.3) is 0 Å². The predicted octanol–water partition coefficient (Wildman–Crippen LogP) is 2.85. The van der Waals surface area contributed by atoms with Crippen molar-refractivity contribution >= 4 is 21.2 Å². The third kappa shape index (κ3) is 3.90. The summed E-state index contributed by atoms with van der Waals surface area (Å²) in [6.07, 6.45) is 5.20. The van der Waals surface area contributed by atoms with Crippen LogP contribution in [0.15, 0.2) is 54.9 Å². The Labute approximate surface area is 135 Å². The van der Waals surface area contributed by atoms with Gasteiger partial charge in [0.05, 0.1) is 11.4 Å². The fraction of sp³-hybridized carbons (Fsp3) is 0.235. The fourth-order valence-electron chi connectivity index (χ4n) is 2.59. The van der Waals surface area contributed by atoms with Crippen LogP contribution in [0.5, 0.6) is 0 Å². The van der Waals surface area contributed by atoms with E-state index in [0.717, 1.165) is 22.6 Å². The van der Waals surface area contributed by atoms with Crippen LogP contribution in [-0.4, -0.2) is 35.9 Å². The highest BCUT2D eigenvalue weighted by atomic mass is 32.2. The molecule has 0 saturated carbocycles. The molecule has 0 saturated heterocycles. The molecule has 1 unspecified atom stereocenters. The topological polar surface area (TPSA) is 63.5 Å². The summed E-state index contributed by atoms with van der Waals surface area (Å²) < 4.78 is 24.6. The molecule has 1 N–H and O–H groups in total. The number of anilines is 1. The molecular weight excluding hydrogens is 310 g/mol. The maximum Gasteiger partial charge on any atom is 0.149 e. The Bertz CT molecular complexity index is 881. The number of hydrogen-bond donors (Lipinski definition) is 1. The van der Waals surface area contributed by atoms with E-state index in [1.807, 2.05) is 66.2 Å². The van der Waals surface area contributed by atoms with E-state index in [2.05, 4.69) is 10.3 Å². The van der Waals surface area contributed by atoms with E-state index in [9.17, 15) is 8.42 Å². The zero-order valence-electron chi connectivity index (χ0n) is 13.1. The molecule has 2 aromatic heterocycles. The van der Waals surface area contributed by atoms with Gasteiger partial charge < -0.3 is 9.72 Å². The summed E-state index contributed by atoms with van der Waals surface area (Å²) in [7, 11) is -2.98. The maximum absolute atomic E-state index is 11.3. The van der Waals surface area contributed by atoms with E-state index in [0.29, 0.717) is 0 Å². The van der Waals surface area contributed by atoms with Gasteiger partial charge in [0, 0.05) is 35.9 Å². The Hall–Kier alpha value is -2.34. The number of pyridine rings is 1. The molecule has 3 aromatic rings. The first-order valence-electron chi connectivity index (χ1n) is 7.39. The second-order valence-corrected chi connectivity index (χ2v) is 7.99. The van der Waals surface area contributed by atoms with Crippen molar-refractivity contribution in [1.82, 2.24) is 9.38 Å². The molecule has 2 heterocycles. The van der Waals surface area contributed by atoms with Crippen LogP contribution in [0.2, 0.25) is 0 Å². The van der Waals surface area contributed by atoms with Crippen LogP contribution >= 0.6 is 0 Å². The van der Waals surface area contributed by atoms with Gasteiger partial charge >= 0.3 is 0 Å². The second-order valence-electron chi connectivity index (χ2n) is 5.81. The van der Waals surface area contributed by atoms with Gasteiger partial charge in [-0.1, -0.05) is 18.2 Å². The van der Waals surface area contributed by atoms with Gasteiger partial charge in [-0.05, 0) is 31.2 Å². The van der Waals surface area contributed by atoms with Crippen LogP contribution < -0.4 is 5.32 Å². The van der Waals surface area contributed by atoms with Crippen molar-refractivity contribution in [3.63, 3.8) is 0 Å². The number of benzene rings is 1. The highest BCUT2D eigenvalue weighted by Crippen LogP contribution is 2.21. The van der Waals surface area contributed by atoms with E-state index in [-0.39, 0.29) is 11.8 Å². The van der Waals surface area contributed by atoms with Gasteiger partial charge in [-0.3, -0.25) is 0 Å². The Balaban J connectivity index is 1.76. The molecule has 0 bridgehead atoms. The standard InChI is InChI=1S/C17H19N3O2S/c1-13(12-23(2,21)22)18-15-8-6-14(7-9-15)16-11-20-10-4-3-5-17(20)19-16/h3-11,13,18H,12H2,1-2H3. The summed E-state index contributed by atoms with van der Waals surface area (Å²) in [5.41, 5.74) is 3.74. The smallest absolute Gasteiger partial charge is 0.149 e. The molecule has 5 nitrogen and oxygen atoms in total. The van der Waals surface area contributed by atoms with Gasteiger partial charge in [-0.25, -0.2) is 13.4 Å². The average Bonchev–Trinajstić information content (AvgIpc) is 2.89. The van der Waals surface area contributed by atoms with Crippen LogP contribution in [-0.2, 0) is 9.84 Å². The lowest BCUT2D eigenvalue weighted by molar-refractivity contribution is 0.598. The summed E-state index contributed by atoms with van der Waals surface area (Å²) in [6.45, 7) is 1.86. The fourth-order valence-corrected chi connectivity index (χ4v) is 3.58. The summed E-state index contributed by atoms with van der Waals surface area (Å²) in [6, 6.07) is 13.6. The Kier molecular flexibility index (Phi) is 4.09. The highest BCUT2D eigenvalue weighted by molar-refractivity contribution is 7.90. The lowest BCUT2D eigenvalue weighted by atomic mass is 10.1. The monoisotopic (exact) mass is 329 g/mol. The molecule has 0 radical (unpaired) electrons. The van der Waals surface area contributed by atoms with Gasteiger partial charge in [0.2, 0.25) is 0 Å². The van der Waals surface area contributed by atoms with Crippen LogP contribution in [0.25, 0.3) is 16.9 Å². The molecule has 1 atom stereocenters. The first-order valence-corrected chi connectivity index (χ1v) is 9.45. The minimum Gasteiger partial charge on any atom is -0.382 e. The third-order valence-corrected chi connectivity index (χ3v) is 4.62. The quantitative estimate of drug-likeness (QED) is 0.782. The average molecular weight is 329 g/mol. The molecule has 120 valence electrons. The molecule has 3 rings (SSSR count). The number of fused-ring (bicyclic) bond motifs is 1. The zero-order valence-corrected chi connectivity index (χ0v) is 13.9. The van der Waals surface area contributed by atoms with Gasteiger partial charge in [0.1, 0.15) is 15.5 Å². The number of sulfone groups is 1. The van der Waals surface area contributed by atoms with Crippen molar-refractivity contribution in [3.8, 4) is 11.3 Å². The number of aromatic nitrogens is 2. The number of nitrogens with zero attached hydrogens (tertiary/aromatic N) is 2. The SMILES string of the molecule is CC(CS(C)(=O)=O)Nc1ccc(-c2cn3ccccc3n2)cc1. The van der Waals surface area contributed by atoms with E-state index in [1.54, 1.807) is 0 Å². The van der Waals surface area contributed by atoms with E-state index in [1.165, 1.54) is 6.26 Å². The molecule has 1 aromatic carbocycles. The third-order valence-electron chi connectivity index (χ3n) is 3.51. The Morgan fingerprint density at radius 3 is 2.57 bits per heavy atom. The summed E-state index contributed by atoms with van der Waals surface area (Å²) >= 11 is 0. The summed E-state index contributed by atoms with van der Waals surface area (Å²) in [4.78, 5) is 4.59. The first kappa shape index (κ1) is 15.6. The van der Waals surface area contributed by atoms with Crippen molar-refractivity contribution in [2.75, 3.05) is 17.3 Å². The van der Waals surface area contributed by atoms with E-state index < -0.39 is 9.84 Å². The lowest BCUT2D eigenvalue weighted by Crippen LogP contribution is -2.24. The number of nitrogens with one attached hydrogen (secondary N) is 1. The lowest BCUT2D eigenvalue weighted by Gasteiger charge is -2.14. The molecule has 23 heavy (non-hydrogen) atoms. The molecule has 0 aliphatic heterocycles. The number of rotatable bonds is 5. The largest absolute Gasteiger partial charge is 0.382 e. The van der Waals surface area contributed by atoms with E-state index >= 15 is 0 Å². The summed E-state index contributed by atoms with van der Waals surface area (Å²) in [5, 5.41) is 3.20. The summed E-state index contributed by atoms with van der Waals surface area (Å²) in [5.74, 6) is 0.112. The molecule has 0 spiro atoms. The number of hydrogen-bond acceptors (Lipinski definition) is 4. The highest BCUT2D eigenvalue weighted by Gasteiger charge is 2.10. The van der Waals surface area contributed by atoms with Crippen LogP contribution in [0.1, 0.15) is 6.92 Å². The van der Waals surface area contributed by atoms with Crippen molar-refractivity contribution < 1.29 is 8.42 Å².